The molecule has 1 atom stereocenters. The number of nitrogens with one attached hydrogen (secondary N) is 1. The van der Waals surface area contributed by atoms with Crippen LogP contribution < -0.4 is 4.72 Å². The van der Waals surface area contributed by atoms with Gasteiger partial charge in [0.15, 0.2) is 0 Å². The van der Waals surface area contributed by atoms with Crippen molar-refractivity contribution in [3.63, 3.8) is 0 Å². The number of piperidine rings is 1. The van der Waals surface area contributed by atoms with Crippen LogP contribution in [0.25, 0.3) is 6.08 Å². The van der Waals surface area contributed by atoms with E-state index in [0.717, 1.165) is 17.4 Å². The van der Waals surface area contributed by atoms with Crippen LogP contribution in [-0.4, -0.2) is 38.4 Å². The highest BCUT2D eigenvalue weighted by Gasteiger charge is 2.26. The Balaban J connectivity index is 1.62. The Morgan fingerprint density at radius 3 is 2.52 bits per heavy atom. The normalized spacial score (nSPS) is 18.0. The van der Waals surface area contributed by atoms with Gasteiger partial charge in [0.2, 0.25) is 10.0 Å². The van der Waals surface area contributed by atoms with Crippen LogP contribution in [-0.2, 0) is 10.0 Å². The van der Waals surface area contributed by atoms with Gasteiger partial charge in [-0.1, -0.05) is 41.9 Å². The number of carbonyl (C=O) groups is 1. The zero-order valence-corrected chi connectivity index (χ0v) is 16.3. The van der Waals surface area contributed by atoms with Gasteiger partial charge < -0.3 is 4.90 Å². The average molecular weight is 405 g/mol. The zero-order valence-electron chi connectivity index (χ0n) is 14.7. The molecule has 0 radical (unpaired) electrons. The van der Waals surface area contributed by atoms with Crippen molar-refractivity contribution >= 4 is 33.6 Å². The van der Waals surface area contributed by atoms with Crippen molar-refractivity contribution in [2.24, 2.45) is 0 Å². The van der Waals surface area contributed by atoms with Crippen LogP contribution in [0.5, 0.6) is 0 Å². The average Bonchev–Trinajstić information content (AvgIpc) is 2.67. The van der Waals surface area contributed by atoms with Gasteiger partial charge in [-0.15, -0.1) is 0 Å². The van der Waals surface area contributed by atoms with Gasteiger partial charge in [-0.2, -0.15) is 0 Å². The van der Waals surface area contributed by atoms with E-state index >= 15 is 0 Å². The van der Waals surface area contributed by atoms with Crippen molar-refractivity contribution in [2.45, 2.75) is 18.9 Å². The maximum atomic E-state index is 12.6. The predicted octanol–water partition coefficient (Wildman–Crippen LogP) is 3.53. The van der Waals surface area contributed by atoms with E-state index in [9.17, 15) is 13.2 Å². The van der Waals surface area contributed by atoms with Gasteiger partial charge in [0.05, 0.1) is 0 Å². The number of amides is 1. The number of hydrogen-bond acceptors (Lipinski definition) is 3. The van der Waals surface area contributed by atoms with Gasteiger partial charge in [0, 0.05) is 35.1 Å². The molecule has 5 nitrogen and oxygen atoms in total. The van der Waals surface area contributed by atoms with Crippen LogP contribution in [0, 0.1) is 0 Å². The fourth-order valence-electron chi connectivity index (χ4n) is 3.03. The lowest BCUT2D eigenvalue weighted by Crippen LogP contribution is -2.49. The molecule has 2 aromatic carbocycles. The molecule has 0 aliphatic carbocycles. The molecule has 0 bridgehead atoms. The molecule has 0 saturated carbocycles. The van der Waals surface area contributed by atoms with E-state index < -0.39 is 10.0 Å². The molecule has 3 rings (SSSR count). The number of halogens is 1. The Morgan fingerprint density at radius 2 is 1.81 bits per heavy atom. The zero-order chi connectivity index (χ0) is 19.3. The maximum absolute atomic E-state index is 12.6. The first kappa shape index (κ1) is 19.6. The highest BCUT2D eigenvalue weighted by atomic mass is 35.5. The number of sulfonamides is 1. The molecular formula is C20H21ClN2O3S. The Bertz CT molecular complexity index is 912. The standard InChI is InChI=1S/C20H21ClN2O3S/c21-18-10-8-16(9-11-18)12-14-27(25,26)22-19-7-4-13-23(15-19)20(24)17-5-2-1-3-6-17/h1-3,5-6,8-12,14,19,22H,4,7,13,15H2/b14-12+. The van der Waals surface area contributed by atoms with Crippen LogP contribution in [0.4, 0.5) is 0 Å². The number of carbonyl (C=O) groups excluding carboxylic acids is 1. The predicted molar refractivity (Wildman–Crippen MR) is 108 cm³/mol. The summed E-state index contributed by atoms with van der Waals surface area (Å²) < 4.78 is 27.4. The van der Waals surface area contributed by atoms with Crippen LogP contribution in [0.2, 0.25) is 5.02 Å². The summed E-state index contributed by atoms with van der Waals surface area (Å²) in [4.78, 5) is 14.3. The molecule has 0 aromatic heterocycles. The summed E-state index contributed by atoms with van der Waals surface area (Å²) in [5.41, 5.74) is 1.36. The van der Waals surface area contributed by atoms with Crippen molar-refractivity contribution in [1.29, 1.82) is 0 Å². The van der Waals surface area contributed by atoms with E-state index in [2.05, 4.69) is 4.72 Å². The number of hydrogen-bond donors (Lipinski definition) is 1. The molecule has 1 saturated heterocycles. The lowest BCUT2D eigenvalue weighted by atomic mass is 10.1. The van der Waals surface area contributed by atoms with Crippen LogP contribution >= 0.6 is 11.6 Å². The molecule has 1 heterocycles. The highest BCUT2D eigenvalue weighted by molar-refractivity contribution is 7.92. The summed E-state index contributed by atoms with van der Waals surface area (Å²) in [6, 6.07) is 15.6. The number of likely N-dealkylation sites (tertiary alicyclic amines) is 1. The summed E-state index contributed by atoms with van der Waals surface area (Å²) in [6.45, 7) is 0.994. The van der Waals surface area contributed by atoms with Gasteiger partial charge in [0.25, 0.3) is 5.91 Å². The third-order valence-electron chi connectivity index (χ3n) is 4.37. The molecule has 1 aliphatic heterocycles. The number of nitrogens with zero attached hydrogens (tertiary/aromatic N) is 1. The minimum atomic E-state index is -3.60. The molecule has 1 amide bonds. The van der Waals surface area contributed by atoms with Crippen molar-refractivity contribution < 1.29 is 13.2 Å². The van der Waals surface area contributed by atoms with Gasteiger partial charge in [0.1, 0.15) is 0 Å². The molecule has 2 aromatic rings. The second-order valence-corrected chi connectivity index (χ2v) is 8.51. The SMILES string of the molecule is O=C(c1ccccc1)N1CCCC(NS(=O)(=O)/C=C/c2ccc(Cl)cc2)C1. The largest absolute Gasteiger partial charge is 0.337 e. The van der Waals surface area contributed by atoms with Crippen molar-refractivity contribution in [3.8, 4) is 0 Å². The second kappa shape index (κ2) is 8.69. The topological polar surface area (TPSA) is 66.5 Å². The minimum absolute atomic E-state index is 0.0730. The van der Waals surface area contributed by atoms with Crippen molar-refractivity contribution in [1.82, 2.24) is 9.62 Å². The lowest BCUT2D eigenvalue weighted by Gasteiger charge is -2.32. The Hall–Kier alpha value is -2.15. The number of rotatable bonds is 5. The first-order valence-electron chi connectivity index (χ1n) is 8.73. The summed E-state index contributed by atoms with van der Waals surface area (Å²) in [5, 5.41) is 1.74. The minimum Gasteiger partial charge on any atom is -0.337 e. The van der Waals surface area contributed by atoms with Gasteiger partial charge in [-0.3, -0.25) is 4.79 Å². The second-order valence-electron chi connectivity index (χ2n) is 6.47. The van der Waals surface area contributed by atoms with E-state index in [4.69, 9.17) is 11.6 Å². The molecular weight excluding hydrogens is 384 g/mol. The molecule has 1 fully saturated rings. The Kier molecular flexibility index (Phi) is 6.31. The smallest absolute Gasteiger partial charge is 0.253 e. The molecule has 1 unspecified atom stereocenters. The fourth-order valence-corrected chi connectivity index (χ4v) is 4.23. The lowest BCUT2D eigenvalue weighted by molar-refractivity contribution is 0.0703. The Labute approximate surface area is 164 Å². The van der Waals surface area contributed by atoms with Crippen LogP contribution in [0.3, 0.4) is 0 Å². The summed E-state index contributed by atoms with van der Waals surface area (Å²) >= 11 is 5.83. The third-order valence-corrected chi connectivity index (χ3v) is 5.78. The van der Waals surface area contributed by atoms with Crippen molar-refractivity contribution in [2.75, 3.05) is 13.1 Å². The van der Waals surface area contributed by atoms with Gasteiger partial charge in [-0.25, -0.2) is 13.1 Å². The maximum Gasteiger partial charge on any atom is 0.253 e. The van der Waals surface area contributed by atoms with E-state index in [1.165, 1.54) is 6.08 Å². The quantitative estimate of drug-likeness (QED) is 0.828. The summed E-state index contributed by atoms with van der Waals surface area (Å²) in [5.74, 6) is -0.0730. The van der Waals surface area contributed by atoms with Gasteiger partial charge in [-0.05, 0) is 48.7 Å². The molecule has 0 spiro atoms. The number of benzene rings is 2. The first-order chi connectivity index (χ1) is 12.9. The van der Waals surface area contributed by atoms with E-state index in [0.29, 0.717) is 30.1 Å². The molecule has 1 aliphatic rings. The Morgan fingerprint density at radius 1 is 1.11 bits per heavy atom. The molecule has 142 valence electrons. The monoisotopic (exact) mass is 404 g/mol. The molecule has 27 heavy (non-hydrogen) atoms. The van der Waals surface area contributed by atoms with E-state index in [1.54, 1.807) is 41.3 Å². The van der Waals surface area contributed by atoms with Gasteiger partial charge >= 0.3 is 0 Å². The fraction of sp³-hybridized carbons (Fsp3) is 0.250. The molecule has 7 heteroatoms. The van der Waals surface area contributed by atoms with E-state index in [-0.39, 0.29) is 11.9 Å². The van der Waals surface area contributed by atoms with E-state index in [1.807, 2.05) is 18.2 Å². The first-order valence-corrected chi connectivity index (χ1v) is 10.7. The van der Waals surface area contributed by atoms with Crippen LogP contribution in [0.15, 0.2) is 60.0 Å². The summed E-state index contributed by atoms with van der Waals surface area (Å²) in [6.07, 6.45) is 2.98. The highest BCUT2D eigenvalue weighted by Crippen LogP contribution is 2.15. The molecule has 1 N–H and O–H groups in total. The van der Waals surface area contributed by atoms with Crippen LogP contribution in [0.1, 0.15) is 28.8 Å². The summed E-state index contributed by atoms with van der Waals surface area (Å²) in [7, 11) is -3.60. The third kappa shape index (κ3) is 5.66. The van der Waals surface area contributed by atoms with Crippen molar-refractivity contribution in [3.05, 3.63) is 76.2 Å².